The Bertz CT molecular complexity index is 1280. The highest BCUT2D eigenvalue weighted by molar-refractivity contribution is 6.32. The van der Waals surface area contributed by atoms with Crippen LogP contribution in [0.5, 0.6) is 5.75 Å². The van der Waals surface area contributed by atoms with Crippen LogP contribution in [0.15, 0.2) is 42.5 Å². The van der Waals surface area contributed by atoms with E-state index in [2.05, 4.69) is 0 Å². The third-order valence-corrected chi connectivity index (χ3v) is 5.96. The maximum Gasteiger partial charge on any atom is 0.416 e. The van der Waals surface area contributed by atoms with Crippen molar-refractivity contribution in [1.29, 1.82) is 0 Å². The lowest BCUT2D eigenvalue weighted by molar-refractivity contribution is -0.288. The summed E-state index contributed by atoms with van der Waals surface area (Å²) in [4.78, 5) is 47.3. The molecule has 41 heavy (non-hydrogen) atoms. The molecule has 0 unspecified atom stereocenters. The Morgan fingerprint density at radius 2 is 1.32 bits per heavy atom. The van der Waals surface area contributed by atoms with E-state index in [-0.39, 0.29) is 10.8 Å². The van der Waals surface area contributed by atoms with Gasteiger partial charge in [0.2, 0.25) is 12.4 Å². The molecule has 0 saturated carbocycles. The van der Waals surface area contributed by atoms with E-state index in [0.717, 1.165) is 39.8 Å². The summed E-state index contributed by atoms with van der Waals surface area (Å²) in [6.45, 7) is 3.95. The van der Waals surface area contributed by atoms with Gasteiger partial charge in [0.1, 0.15) is 18.5 Å². The van der Waals surface area contributed by atoms with Crippen molar-refractivity contribution in [3.8, 4) is 16.9 Å². The molecule has 5 atom stereocenters. The highest BCUT2D eigenvalue weighted by atomic mass is 35.5. The lowest BCUT2D eigenvalue weighted by atomic mass is 9.98. The molecule has 2 aromatic rings. The fourth-order valence-electron chi connectivity index (χ4n) is 4.04. The van der Waals surface area contributed by atoms with E-state index in [9.17, 15) is 32.3 Å². The van der Waals surface area contributed by atoms with Crippen LogP contribution in [0.4, 0.5) is 13.2 Å². The number of hydrogen-bond donors (Lipinski definition) is 0. The second-order valence-electron chi connectivity index (χ2n) is 8.91. The quantitative estimate of drug-likeness (QED) is 0.315. The van der Waals surface area contributed by atoms with Crippen molar-refractivity contribution < 1.29 is 60.8 Å². The predicted molar refractivity (Wildman–Crippen MR) is 134 cm³/mol. The Kier molecular flexibility index (Phi) is 10.2. The number of benzene rings is 2. The third-order valence-electron chi connectivity index (χ3n) is 5.67. The highest BCUT2D eigenvalue weighted by Gasteiger charge is 2.53. The van der Waals surface area contributed by atoms with Crippen LogP contribution in [0.3, 0.4) is 0 Å². The van der Waals surface area contributed by atoms with E-state index < -0.39 is 72.9 Å². The molecule has 3 rings (SSSR count). The first-order valence-electron chi connectivity index (χ1n) is 12.1. The van der Waals surface area contributed by atoms with Crippen LogP contribution >= 0.6 is 11.6 Å². The first kappa shape index (κ1) is 31.7. The zero-order valence-electron chi connectivity index (χ0n) is 22.2. The van der Waals surface area contributed by atoms with Crippen LogP contribution in [0.1, 0.15) is 33.3 Å². The van der Waals surface area contributed by atoms with Gasteiger partial charge >= 0.3 is 30.1 Å². The first-order valence-corrected chi connectivity index (χ1v) is 12.5. The molecule has 1 fully saturated rings. The van der Waals surface area contributed by atoms with E-state index in [0.29, 0.717) is 11.1 Å². The topological polar surface area (TPSA) is 124 Å². The molecule has 1 aliphatic rings. The normalized spacial score (nSPS) is 22.3. The molecule has 10 nitrogen and oxygen atoms in total. The standard InChI is InChI=1S/C27H26ClF3O10/c1-13(32)36-12-22-23(37-14(2)33)24(38-15(3)34)25(39-16(4)35)26(41-22)40-21-10-7-18(11-20(21)28)17-5-8-19(9-6-17)27(29,30)31/h5-11,22-26H,12H2,1-4H3/t22-,23-,24+,25+,26+/m1/s1. The number of alkyl halides is 3. The minimum atomic E-state index is -4.49. The smallest absolute Gasteiger partial charge is 0.416 e. The van der Waals surface area contributed by atoms with Crippen molar-refractivity contribution in [2.24, 2.45) is 0 Å². The number of hydrogen-bond acceptors (Lipinski definition) is 10. The molecule has 0 aliphatic carbocycles. The summed E-state index contributed by atoms with van der Waals surface area (Å²) < 4.78 is 71.6. The molecule has 0 radical (unpaired) electrons. The Labute approximate surface area is 237 Å². The van der Waals surface area contributed by atoms with Gasteiger partial charge in [-0.05, 0) is 35.4 Å². The SMILES string of the molecule is CC(=O)OC[C@H]1O[C@H](Oc2ccc(-c3ccc(C(F)(F)F)cc3)cc2Cl)[C@@H](OC(C)=O)[C@@H](OC(C)=O)[C@@H]1OC(C)=O. The summed E-state index contributed by atoms with van der Waals surface area (Å²) in [5.41, 5.74) is 0.104. The molecule has 0 amide bonds. The van der Waals surface area contributed by atoms with E-state index in [1.165, 1.54) is 30.3 Å². The third kappa shape index (κ3) is 8.57. The number of ether oxygens (including phenoxy) is 6. The molecule has 0 bridgehead atoms. The second-order valence-corrected chi connectivity index (χ2v) is 9.31. The van der Waals surface area contributed by atoms with Gasteiger partial charge in [0.05, 0.1) is 10.6 Å². The summed E-state index contributed by atoms with van der Waals surface area (Å²) in [7, 11) is 0. The maximum absolute atomic E-state index is 12.9. The Balaban J connectivity index is 1.95. The van der Waals surface area contributed by atoms with Crippen molar-refractivity contribution >= 4 is 35.5 Å². The summed E-state index contributed by atoms with van der Waals surface area (Å²) in [6, 6.07) is 8.81. The molecule has 0 spiro atoms. The van der Waals surface area contributed by atoms with Crippen molar-refractivity contribution in [2.75, 3.05) is 6.61 Å². The van der Waals surface area contributed by atoms with Crippen molar-refractivity contribution in [1.82, 2.24) is 0 Å². The van der Waals surface area contributed by atoms with Crippen molar-refractivity contribution in [2.45, 2.75) is 64.6 Å². The molecule has 2 aromatic carbocycles. The van der Waals surface area contributed by atoms with Gasteiger partial charge in [0.15, 0.2) is 12.2 Å². The first-order chi connectivity index (χ1) is 19.1. The average Bonchev–Trinajstić information content (AvgIpc) is 2.86. The summed E-state index contributed by atoms with van der Waals surface area (Å²) >= 11 is 6.42. The van der Waals surface area contributed by atoms with E-state index in [4.69, 9.17) is 40.0 Å². The van der Waals surface area contributed by atoms with E-state index >= 15 is 0 Å². The van der Waals surface area contributed by atoms with Crippen LogP contribution in [0.2, 0.25) is 5.02 Å². The zero-order chi connectivity index (χ0) is 30.5. The molecule has 222 valence electrons. The van der Waals surface area contributed by atoms with Gasteiger partial charge < -0.3 is 28.4 Å². The maximum atomic E-state index is 12.9. The van der Waals surface area contributed by atoms with Crippen LogP contribution in [0, 0.1) is 0 Å². The Hall–Kier alpha value is -3.84. The lowest BCUT2D eigenvalue weighted by Crippen LogP contribution is -2.63. The largest absolute Gasteiger partial charge is 0.463 e. The average molecular weight is 603 g/mol. The van der Waals surface area contributed by atoms with Gasteiger partial charge in [-0.2, -0.15) is 13.2 Å². The number of carbonyl (C=O) groups is 4. The zero-order valence-corrected chi connectivity index (χ0v) is 23.0. The fraction of sp³-hybridized carbons (Fsp3) is 0.407. The van der Waals surface area contributed by atoms with Crippen LogP contribution in [0.25, 0.3) is 11.1 Å². The van der Waals surface area contributed by atoms with Crippen LogP contribution < -0.4 is 4.74 Å². The van der Waals surface area contributed by atoms with Crippen molar-refractivity contribution in [3.05, 3.63) is 53.1 Å². The van der Waals surface area contributed by atoms with Gasteiger partial charge in [-0.25, -0.2) is 0 Å². The van der Waals surface area contributed by atoms with E-state index in [1.807, 2.05) is 0 Å². The molecule has 0 aromatic heterocycles. The monoisotopic (exact) mass is 602 g/mol. The van der Waals surface area contributed by atoms with Crippen LogP contribution in [-0.4, -0.2) is 61.2 Å². The Morgan fingerprint density at radius 3 is 1.83 bits per heavy atom. The highest BCUT2D eigenvalue weighted by Crippen LogP contribution is 2.36. The number of rotatable bonds is 8. The molecule has 0 N–H and O–H groups in total. The summed E-state index contributed by atoms with van der Waals surface area (Å²) in [6.07, 6.45) is -11.5. The van der Waals surface area contributed by atoms with Crippen LogP contribution in [-0.2, 0) is 49.0 Å². The van der Waals surface area contributed by atoms with Gasteiger partial charge in [-0.15, -0.1) is 0 Å². The predicted octanol–water partition coefficient (Wildman–Crippen LogP) is 4.49. The Morgan fingerprint density at radius 1 is 0.780 bits per heavy atom. The van der Waals surface area contributed by atoms with E-state index in [1.54, 1.807) is 0 Å². The van der Waals surface area contributed by atoms with Crippen molar-refractivity contribution in [3.63, 3.8) is 0 Å². The number of halogens is 4. The molecular weight excluding hydrogens is 577 g/mol. The summed E-state index contributed by atoms with van der Waals surface area (Å²) in [5, 5.41) is 0.00950. The molecule has 14 heteroatoms. The number of esters is 4. The fourth-order valence-corrected chi connectivity index (χ4v) is 4.26. The summed E-state index contributed by atoms with van der Waals surface area (Å²) in [5.74, 6) is -3.08. The van der Waals surface area contributed by atoms with Gasteiger partial charge in [0, 0.05) is 27.7 Å². The molecule has 1 saturated heterocycles. The minimum Gasteiger partial charge on any atom is -0.463 e. The molecule has 1 aliphatic heterocycles. The van der Waals surface area contributed by atoms with Gasteiger partial charge in [0.25, 0.3) is 0 Å². The molecular formula is C27H26ClF3O10. The lowest BCUT2D eigenvalue weighted by Gasteiger charge is -2.44. The molecule has 1 heterocycles. The second kappa shape index (κ2) is 13.2. The number of carbonyl (C=O) groups excluding carboxylic acids is 4. The van der Waals surface area contributed by atoms with Gasteiger partial charge in [-0.3, -0.25) is 19.2 Å². The van der Waals surface area contributed by atoms with Gasteiger partial charge in [-0.1, -0.05) is 29.8 Å². The minimum absolute atomic E-state index is 0.00299.